The van der Waals surface area contributed by atoms with Gasteiger partial charge in [0.15, 0.2) is 23.1 Å². The largest absolute Gasteiger partial charge is 0.382 e. The van der Waals surface area contributed by atoms with Crippen LogP contribution < -0.4 is 21.7 Å². The van der Waals surface area contributed by atoms with Gasteiger partial charge in [-0.15, -0.1) is 0 Å². The molecule has 0 aliphatic carbocycles. The smallest absolute Gasteiger partial charge is 0.274 e. The molecule has 1 aromatic heterocycles. The van der Waals surface area contributed by atoms with E-state index in [2.05, 4.69) is 25.9 Å². The highest BCUT2D eigenvalue weighted by atomic mass is 19.2. The van der Waals surface area contributed by atoms with Crippen molar-refractivity contribution >= 4 is 17.6 Å². The second-order valence-corrected chi connectivity index (χ2v) is 8.44. The summed E-state index contributed by atoms with van der Waals surface area (Å²) in [6.45, 7) is 2.89. The molecule has 0 spiro atoms. The quantitative estimate of drug-likeness (QED) is 0.430. The maximum absolute atomic E-state index is 14.1. The molecule has 2 heterocycles. The fourth-order valence-corrected chi connectivity index (χ4v) is 3.85. The minimum Gasteiger partial charge on any atom is -0.382 e. The SMILES string of the molecule is Cc1ccc(CNC(=O)c2cccc(-c3cnc(N)c(C(=O)NC4CCCNC4)n3)c2)c(F)c1F. The maximum atomic E-state index is 14.1. The number of aryl methyl sites for hydroxylation is 1. The topological polar surface area (TPSA) is 122 Å². The zero-order chi connectivity index (χ0) is 24.9. The number of amides is 2. The number of nitrogens with two attached hydrogens (primary N) is 1. The number of aromatic nitrogens is 2. The lowest BCUT2D eigenvalue weighted by molar-refractivity contribution is 0.0923. The zero-order valence-electron chi connectivity index (χ0n) is 19.2. The van der Waals surface area contributed by atoms with Gasteiger partial charge in [0.25, 0.3) is 11.8 Å². The van der Waals surface area contributed by atoms with Gasteiger partial charge < -0.3 is 21.7 Å². The molecule has 1 aliphatic heterocycles. The number of carbonyl (C=O) groups excluding carboxylic acids is 2. The van der Waals surface area contributed by atoms with Crippen molar-refractivity contribution in [3.63, 3.8) is 0 Å². The van der Waals surface area contributed by atoms with Gasteiger partial charge in [0.05, 0.1) is 11.9 Å². The predicted molar refractivity (Wildman–Crippen MR) is 128 cm³/mol. The normalized spacial score (nSPS) is 15.5. The van der Waals surface area contributed by atoms with Crippen LogP contribution in [-0.4, -0.2) is 40.9 Å². The summed E-state index contributed by atoms with van der Waals surface area (Å²) >= 11 is 0. The molecular formula is C25H26F2N6O2. The van der Waals surface area contributed by atoms with Crippen LogP contribution in [0.2, 0.25) is 0 Å². The molecule has 0 bridgehead atoms. The van der Waals surface area contributed by atoms with Gasteiger partial charge in [-0.25, -0.2) is 18.7 Å². The molecule has 0 saturated carbocycles. The van der Waals surface area contributed by atoms with E-state index in [1.165, 1.54) is 25.3 Å². The van der Waals surface area contributed by atoms with Crippen molar-refractivity contribution in [2.75, 3.05) is 18.8 Å². The number of carbonyl (C=O) groups is 2. The molecule has 10 heteroatoms. The average Bonchev–Trinajstić information content (AvgIpc) is 2.87. The average molecular weight is 481 g/mol. The van der Waals surface area contributed by atoms with E-state index in [0.29, 0.717) is 17.8 Å². The minimum absolute atomic E-state index is 0.0104. The van der Waals surface area contributed by atoms with Gasteiger partial charge in [0.2, 0.25) is 0 Å². The number of nitrogens with zero attached hydrogens (tertiary/aromatic N) is 2. The first kappa shape index (κ1) is 24.2. The van der Waals surface area contributed by atoms with Gasteiger partial charge in [-0.2, -0.15) is 0 Å². The summed E-state index contributed by atoms with van der Waals surface area (Å²) in [5.74, 6) is -2.78. The Kier molecular flexibility index (Phi) is 7.31. The van der Waals surface area contributed by atoms with E-state index in [1.807, 2.05) is 0 Å². The third kappa shape index (κ3) is 5.60. The summed E-state index contributed by atoms with van der Waals surface area (Å²) < 4.78 is 27.9. The Bertz CT molecular complexity index is 1260. The number of nitrogen functional groups attached to an aromatic ring is 1. The molecule has 1 atom stereocenters. The van der Waals surface area contributed by atoms with E-state index in [0.717, 1.165) is 19.4 Å². The Morgan fingerprint density at radius 1 is 1.17 bits per heavy atom. The standard InChI is InChI=1S/C25H26F2N6O2/c1-14-7-8-17(21(27)20(14)26)11-31-24(34)16-5-2-4-15(10-16)19-13-30-23(28)22(33-19)25(35)32-18-6-3-9-29-12-18/h2,4-5,7-8,10,13,18,29H,3,6,9,11-12H2,1H3,(H2,28,30)(H,31,34)(H,32,35). The first-order valence-electron chi connectivity index (χ1n) is 11.3. The van der Waals surface area contributed by atoms with Gasteiger partial charge in [0, 0.05) is 35.8 Å². The van der Waals surface area contributed by atoms with E-state index in [1.54, 1.807) is 24.3 Å². The summed E-state index contributed by atoms with van der Waals surface area (Å²) in [6.07, 6.45) is 3.25. The van der Waals surface area contributed by atoms with E-state index < -0.39 is 23.4 Å². The molecule has 4 rings (SSSR count). The number of hydrogen-bond acceptors (Lipinski definition) is 6. The highest BCUT2D eigenvalue weighted by Crippen LogP contribution is 2.21. The molecule has 3 aromatic rings. The van der Waals surface area contributed by atoms with Gasteiger partial charge in [-0.05, 0) is 44.0 Å². The Balaban J connectivity index is 1.49. The predicted octanol–water partition coefficient (Wildman–Crippen LogP) is 2.72. The van der Waals surface area contributed by atoms with Crippen LogP contribution in [0.25, 0.3) is 11.3 Å². The minimum atomic E-state index is -0.981. The van der Waals surface area contributed by atoms with Crippen molar-refractivity contribution in [2.24, 2.45) is 0 Å². The zero-order valence-corrected chi connectivity index (χ0v) is 19.2. The van der Waals surface area contributed by atoms with Crippen molar-refractivity contribution in [2.45, 2.75) is 32.4 Å². The van der Waals surface area contributed by atoms with Crippen LogP contribution >= 0.6 is 0 Å². The molecule has 35 heavy (non-hydrogen) atoms. The van der Waals surface area contributed by atoms with Gasteiger partial charge in [0.1, 0.15) is 0 Å². The first-order chi connectivity index (χ1) is 16.8. The lowest BCUT2D eigenvalue weighted by atomic mass is 10.1. The number of nitrogens with one attached hydrogen (secondary N) is 3. The molecule has 1 fully saturated rings. The number of halogens is 2. The van der Waals surface area contributed by atoms with Crippen LogP contribution in [0.15, 0.2) is 42.6 Å². The number of piperidine rings is 1. The molecule has 182 valence electrons. The fraction of sp³-hybridized carbons (Fsp3) is 0.280. The summed E-state index contributed by atoms with van der Waals surface area (Å²) in [4.78, 5) is 33.9. The molecule has 2 aromatic carbocycles. The summed E-state index contributed by atoms with van der Waals surface area (Å²) in [7, 11) is 0. The maximum Gasteiger partial charge on any atom is 0.274 e. The summed E-state index contributed by atoms with van der Waals surface area (Å²) in [6, 6.07) is 9.41. The Labute approximate surface area is 201 Å². The molecule has 0 radical (unpaired) electrons. The number of benzene rings is 2. The molecular weight excluding hydrogens is 454 g/mol. The Morgan fingerprint density at radius 2 is 2.00 bits per heavy atom. The first-order valence-corrected chi connectivity index (χ1v) is 11.3. The lowest BCUT2D eigenvalue weighted by Gasteiger charge is -2.23. The van der Waals surface area contributed by atoms with Crippen LogP contribution in [0.1, 0.15) is 44.8 Å². The number of hydrogen-bond donors (Lipinski definition) is 4. The van der Waals surface area contributed by atoms with Crippen LogP contribution in [0.5, 0.6) is 0 Å². The van der Waals surface area contributed by atoms with Gasteiger partial charge in [-0.1, -0.05) is 24.3 Å². The molecule has 2 amide bonds. The molecule has 1 saturated heterocycles. The molecule has 1 unspecified atom stereocenters. The van der Waals surface area contributed by atoms with Crippen molar-refractivity contribution in [1.82, 2.24) is 25.9 Å². The van der Waals surface area contributed by atoms with Crippen molar-refractivity contribution < 1.29 is 18.4 Å². The fourth-order valence-electron chi connectivity index (χ4n) is 3.85. The molecule has 8 nitrogen and oxygen atoms in total. The third-order valence-electron chi connectivity index (χ3n) is 5.86. The van der Waals surface area contributed by atoms with E-state index in [9.17, 15) is 18.4 Å². The number of anilines is 1. The summed E-state index contributed by atoms with van der Waals surface area (Å²) in [5.41, 5.74) is 7.36. The van der Waals surface area contributed by atoms with Crippen molar-refractivity contribution in [3.05, 3.63) is 76.6 Å². The van der Waals surface area contributed by atoms with Crippen LogP contribution in [0, 0.1) is 18.6 Å². The highest BCUT2D eigenvalue weighted by Gasteiger charge is 2.20. The molecule has 5 N–H and O–H groups in total. The van der Waals surface area contributed by atoms with Crippen LogP contribution in [-0.2, 0) is 6.54 Å². The van der Waals surface area contributed by atoms with Crippen LogP contribution in [0.4, 0.5) is 14.6 Å². The third-order valence-corrected chi connectivity index (χ3v) is 5.86. The van der Waals surface area contributed by atoms with Gasteiger partial charge in [-0.3, -0.25) is 9.59 Å². The highest BCUT2D eigenvalue weighted by molar-refractivity contribution is 5.97. The van der Waals surface area contributed by atoms with Crippen molar-refractivity contribution in [3.8, 4) is 11.3 Å². The van der Waals surface area contributed by atoms with E-state index in [-0.39, 0.29) is 40.8 Å². The number of rotatable bonds is 6. The Hall–Kier alpha value is -3.92. The Morgan fingerprint density at radius 3 is 2.77 bits per heavy atom. The monoisotopic (exact) mass is 480 g/mol. The lowest BCUT2D eigenvalue weighted by Crippen LogP contribution is -2.46. The van der Waals surface area contributed by atoms with E-state index in [4.69, 9.17) is 5.73 Å². The molecule has 1 aliphatic rings. The second kappa shape index (κ2) is 10.6. The van der Waals surface area contributed by atoms with Gasteiger partial charge >= 0.3 is 0 Å². The van der Waals surface area contributed by atoms with Crippen LogP contribution in [0.3, 0.4) is 0 Å². The van der Waals surface area contributed by atoms with E-state index >= 15 is 0 Å². The second-order valence-electron chi connectivity index (χ2n) is 8.44. The van der Waals surface area contributed by atoms with Crippen molar-refractivity contribution in [1.29, 1.82) is 0 Å². The summed E-state index contributed by atoms with van der Waals surface area (Å²) in [5, 5.41) is 8.75.